The van der Waals surface area contributed by atoms with Gasteiger partial charge in [-0.2, -0.15) is 0 Å². The predicted octanol–water partition coefficient (Wildman–Crippen LogP) is 4.17. The Morgan fingerprint density at radius 1 is 1.29 bits per heavy atom. The summed E-state index contributed by atoms with van der Waals surface area (Å²) < 4.78 is 0.939. The van der Waals surface area contributed by atoms with E-state index in [-0.39, 0.29) is 23.1 Å². The van der Waals surface area contributed by atoms with Gasteiger partial charge in [0.15, 0.2) is 0 Å². The minimum atomic E-state index is -0.265. The first kappa shape index (κ1) is 16.2. The smallest absolute Gasteiger partial charge is 0.234 e. The van der Waals surface area contributed by atoms with Gasteiger partial charge < -0.3 is 0 Å². The first-order valence-corrected chi connectivity index (χ1v) is 8.41. The van der Waals surface area contributed by atoms with Crippen LogP contribution in [0.3, 0.4) is 0 Å². The number of carbonyl (C=O) groups excluding carboxylic acids is 2. The molecule has 4 heteroatoms. The summed E-state index contributed by atoms with van der Waals surface area (Å²) in [6.07, 6.45) is 4.28. The Labute approximate surface area is 134 Å². The van der Waals surface area contributed by atoms with Crippen molar-refractivity contribution in [2.75, 3.05) is 0 Å². The van der Waals surface area contributed by atoms with Gasteiger partial charge in [-0.1, -0.05) is 60.8 Å². The van der Waals surface area contributed by atoms with Crippen molar-refractivity contribution in [3.63, 3.8) is 0 Å². The third-order valence-electron chi connectivity index (χ3n) is 4.60. The fourth-order valence-corrected chi connectivity index (χ4v) is 3.92. The molecule has 0 aromatic heterocycles. The van der Waals surface area contributed by atoms with E-state index < -0.39 is 0 Å². The lowest BCUT2D eigenvalue weighted by atomic mass is 9.63. The Hall–Kier alpha value is -1.16. The number of nitrogens with one attached hydrogen (secondary N) is 1. The highest BCUT2D eigenvalue weighted by atomic mass is 79.9. The second-order valence-electron chi connectivity index (χ2n) is 5.86. The maximum absolute atomic E-state index is 12.5. The molecule has 1 heterocycles. The van der Waals surface area contributed by atoms with E-state index in [1.54, 1.807) is 0 Å². The second-order valence-corrected chi connectivity index (χ2v) is 6.72. The number of hydrogen-bond acceptors (Lipinski definition) is 2. The van der Waals surface area contributed by atoms with E-state index in [1.807, 2.05) is 24.3 Å². The largest absolute Gasteiger partial charge is 0.296 e. The Morgan fingerprint density at radius 3 is 2.62 bits per heavy atom. The molecule has 1 aromatic rings. The number of halogens is 1. The molecule has 0 saturated carbocycles. The van der Waals surface area contributed by atoms with Crippen molar-refractivity contribution in [3.05, 3.63) is 34.3 Å². The summed E-state index contributed by atoms with van der Waals surface area (Å²) in [5.41, 5.74) is 0.722. The lowest BCUT2D eigenvalue weighted by Gasteiger charge is -2.43. The van der Waals surface area contributed by atoms with E-state index >= 15 is 0 Å². The summed E-state index contributed by atoms with van der Waals surface area (Å²) in [6.45, 7) is 4.23. The van der Waals surface area contributed by atoms with Gasteiger partial charge in [-0.25, -0.2) is 0 Å². The molecule has 0 spiro atoms. The lowest BCUT2D eigenvalue weighted by molar-refractivity contribution is -0.140. The molecule has 1 N–H and O–H groups in total. The molecular weight excluding hydrogens is 330 g/mol. The van der Waals surface area contributed by atoms with Gasteiger partial charge in [0.05, 0.1) is 5.92 Å². The molecule has 0 bridgehead atoms. The van der Waals surface area contributed by atoms with Gasteiger partial charge in [0, 0.05) is 10.9 Å². The average molecular weight is 352 g/mol. The van der Waals surface area contributed by atoms with Crippen molar-refractivity contribution in [3.8, 4) is 0 Å². The van der Waals surface area contributed by atoms with Crippen molar-refractivity contribution < 1.29 is 9.59 Å². The van der Waals surface area contributed by atoms with E-state index in [1.165, 1.54) is 0 Å². The normalized spacial score (nSPS) is 25.8. The predicted molar refractivity (Wildman–Crippen MR) is 86.9 cm³/mol. The highest BCUT2D eigenvalue weighted by molar-refractivity contribution is 9.10. The summed E-state index contributed by atoms with van der Waals surface area (Å²) >= 11 is 3.56. The van der Waals surface area contributed by atoms with E-state index in [0.717, 1.165) is 35.7 Å². The number of piperidine rings is 1. The van der Waals surface area contributed by atoms with Gasteiger partial charge in [0.25, 0.3) is 0 Å². The Kier molecular flexibility index (Phi) is 5.20. The van der Waals surface area contributed by atoms with Crippen LogP contribution in [0.4, 0.5) is 0 Å². The van der Waals surface area contributed by atoms with Crippen molar-refractivity contribution >= 4 is 27.7 Å². The van der Waals surface area contributed by atoms with E-state index in [4.69, 9.17) is 0 Å². The molecule has 3 nitrogen and oxygen atoms in total. The van der Waals surface area contributed by atoms with Crippen LogP contribution in [-0.2, 0) is 9.59 Å². The number of hydrogen-bond donors (Lipinski definition) is 1. The minimum absolute atomic E-state index is 0.138. The van der Waals surface area contributed by atoms with Crippen LogP contribution in [0.15, 0.2) is 28.7 Å². The topological polar surface area (TPSA) is 46.2 Å². The lowest BCUT2D eigenvalue weighted by Crippen LogP contribution is -2.50. The van der Waals surface area contributed by atoms with E-state index in [2.05, 4.69) is 35.1 Å². The Bertz CT molecular complexity index is 543. The second kappa shape index (κ2) is 6.73. The maximum Gasteiger partial charge on any atom is 0.234 e. The fraction of sp³-hybridized carbons (Fsp3) is 0.529. The van der Waals surface area contributed by atoms with Crippen molar-refractivity contribution in [2.24, 2.45) is 5.41 Å². The summed E-state index contributed by atoms with van der Waals surface area (Å²) in [7, 11) is 0. The Morgan fingerprint density at radius 2 is 2.00 bits per heavy atom. The monoisotopic (exact) mass is 351 g/mol. The molecule has 1 aliphatic rings. The third kappa shape index (κ3) is 3.20. The highest BCUT2D eigenvalue weighted by Gasteiger charge is 2.48. The number of carbonyl (C=O) groups is 2. The third-order valence-corrected chi connectivity index (χ3v) is 5.32. The van der Waals surface area contributed by atoms with Crippen LogP contribution in [0.1, 0.15) is 57.4 Å². The van der Waals surface area contributed by atoms with E-state index in [0.29, 0.717) is 6.42 Å². The molecule has 1 saturated heterocycles. The molecule has 1 fully saturated rings. The Balaban J connectivity index is 2.48. The fourth-order valence-electron chi connectivity index (χ4n) is 3.40. The minimum Gasteiger partial charge on any atom is -0.296 e. The van der Waals surface area contributed by atoms with Crippen LogP contribution >= 0.6 is 15.9 Å². The molecule has 114 valence electrons. The van der Waals surface area contributed by atoms with Gasteiger partial charge in [-0.15, -0.1) is 0 Å². The molecule has 1 aromatic carbocycles. The van der Waals surface area contributed by atoms with Gasteiger partial charge in [0.2, 0.25) is 11.8 Å². The molecule has 2 amide bonds. The number of amides is 2. The number of benzene rings is 1. The molecular formula is C17H22BrNO2. The van der Waals surface area contributed by atoms with Gasteiger partial charge in [-0.05, 0) is 29.9 Å². The van der Waals surface area contributed by atoms with Gasteiger partial charge in [0.1, 0.15) is 0 Å². The molecule has 2 rings (SSSR count). The van der Waals surface area contributed by atoms with Crippen molar-refractivity contribution in [1.29, 1.82) is 0 Å². The van der Waals surface area contributed by atoms with E-state index in [9.17, 15) is 9.59 Å². The number of rotatable bonds is 5. The van der Waals surface area contributed by atoms with Crippen LogP contribution in [0.2, 0.25) is 0 Å². The summed E-state index contributed by atoms with van der Waals surface area (Å²) in [4.78, 5) is 24.5. The summed E-state index contributed by atoms with van der Waals surface area (Å²) in [6, 6.07) is 7.84. The van der Waals surface area contributed by atoms with Gasteiger partial charge in [-0.3, -0.25) is 14.9 Å². The molecule has 21 heavy (non-hydrogen) atoms. The van der Waals surface area contributed by atoms with Crippen LogP contribution in [-0.4, -0.2) is 11.8 Å². The highest BCUT2D eigenvalue weighted by Crippen LogP contribution is 2.49. The maximum atomic E-state index is 12.5. The summed E-state index contributed by atoms with van der Waals surface area (Å²) in [5, 5.41) is 2.52. The zero-order chi connectivity index (χ0) is 15.5. The number of unbranched alkanes of at least 4 members (excludes halogenated alkanes) is 1. The van der Waals surface area contributed by atoms with Crippen LogP contribution in [0.5, 0.6) is 0 Å². The van der Waals surface area contributed by atoms with Gasteiger partial charge >= 0.3 is 0 Å². The van der Waals surface area contributed by atoms with Crippen LogP contribution < -0.4 is 5.32 Å². The molecule has 0 radical (unpaired) electrons. The summed E-state index contributed by atoms with van der Waals surface area (Å²) in [5.74, 6) is -0.556. The zero-order valence-electron chi connectivity index (χ0n) is 12.6. The standard InChI is InChI=1S/C17H22BrNO2/c1-3-5-10-17(4-2)11-14(20)19-16(21)15(17)12-8-6-7-9-13(12)18/h6-9,15H,3-5,10-11H2,1-2H3,(H,19,20,21). The van der Waals surface area contributed by atoms with Crippen LogP contribution in [0.25, 0.3) is 0 Å². The number of imide groups is 1. The average Bonchev–Trinajstić information content (AvgIpc) is 2.46. The molecule has 0 aliphatic carbocycles. The molecule has 2 unspecified atom stereocenters. The molecule has 2 atom stereocenters. The SMILES string of the molecule is CCCCC1(CC)CC(=O)NC(=O)C1c1ccccc1Br. The van der Waals surface area contributed by atoms with Crippen LogP contribution in [0, 0.1) is 5.41 Å². The first-order chi connectivity index (χ1) is 10.0. The zero-order valence-corrected chi connectivity index (χ0v) is 14.2. The van der Waals surface area contributed by atoms with Crippen molar-refractivity contribution in [1.82, 2.24) is 5.32 Å². The quantitative estimate of drug-likeness (QED) is 0.809. The first-order valence-electron chi connectivity index (χ1n) is 7.62. The van der Waals surface area contributed by atoms with Crippen molar-refractivity contribution in [2.45, 2.75) is 51.9 Å². The molecule has 1 aliphatic heterocycles.